The van der Waals surface area contributed by atoms with Gasteiger partial charge in [-0.1, -0.05) is 0 Å². The van der Waals surface area contributed by atoms with Gasteiger partial charge in [0.25, 0.3) is 0 Å². The van der Waals surface area contributed by atoms with Crippen LogP contribution in [0, 0.1) is 0 Å². The van der Waals surface area contributed by atoms with Crippen molar-refractivity contribution in [2.45, 2.75) is 25.2 Å². The highest BCUT2D eigenvalue weighted by Crippen LogP contribution is 2.47. The molecular formula is C11H15N5S. The zero-order valence-corrected chi connectivity index (χ0v) is 10.3. The normalized spacial score (nSPS) is 15.1. The molecule has 1 aliphatic rings. The second kappa shape index (κ2) is 4.37. The molecule has 90 valence electrons. The summed E-state index contributed by atoms with van der Waals surface area (Å²) in [5, 5.41) is 4.57. The molecule has 5 nitrogen and oxygen atoms in total. The number of anilines is 2. The summed E-state index contributed by atoms with van der Waals surface area (Å²) in [6.45, 7) is 0.879. The van der Waals surface area contributed by atoms with Crippen molar-refractivity contribution >= 4 is 22.4 Å². The fraction of sp³-hybridized carbons (Fsp3) is 0.455. The molecule has 4 N–H and O–H groups in total. The van der Waals surface area contributed by atoms with E-state index in [2.05, 4.69) is 19.7 Å². The van der Waals surface area contributed by atoms with Crippen molar-refractivity contribution in [2.24, 2.45) is 0 Å². The van der Waals surface area contributed by atoms with E-state index in [1.165, 1.54) is 29.9 Å². The van der Waals surface area contributed by atoms with Gasteiger partial charge in [0, 0.05) is 30.4 Å². The van der Waals surface area contributed by atoms with E-state index in [0.717, 1.165) is 23.7 Å². The summed E-state index contributed by atoms with van der Waals surface area (Å²) < 4.78 is 4.23. The quantitative estimate of drug-likeness (QED) is 0.757. The Morgan fingerprint density at radius 2 is 2.41 bits per heavy atom. The maximum absolute atomic E-state index is 5.89. The summed E-state index contributed by atoms with van der Waals surface area (Å²) in [6, 6.07) is 0. The molecule has 0 aliphatic heterocycles. The van der Waals surface area contributed by atoms with Crippen molar-refractivity contribution in [1.29, 1.82) is 0 Å². The molecule has 1 aliphatic carbocycles. The summed E-state index contributed by atoms with van der Waals surface area (Å²) >= 11 is 1.47. The Morgan fingerprint density at radius 3 is 3.12 bits per heavy atom. The average molecular weight is 249 g/mol. The first kappa shape index (κ1) is 10.6. The van der Waals surface area contributed by atoms with Crippen LogP contribution in [0.25, 0.3) is 0 Å². The van der Waals surface area contributed by atoms with E-state index in [1.54, 1.807) is 6.33 Å². The predicted molar refractivity (Wildman–Crippen MR) is 69.3 cm³/mol. The first-order chi connectivity index (χ1) is 8.34. The standard InChI is InChI=1S/C11H15N5S/c12-10-9(7-1-2-7)11(17-16-10)14-4-3-8-5-13-6-15-8/h5-7,14H,1-4H2,(H2,12,16)(H,13,15). The van der Waals surface area contributed by atoms with Gasteiger partial charge in [-0.15, -0.1) is 0 Å². The van der Waals surface area contributed by atoms with Crippen LogP contribution in [-0.4, -0.2) is 20.9 Å². The lowest BCUT2D eigenvalue weighted by atomic mass is 10.2. The van der Waals surface area contributed by atoms with Gasteiger partial charge in [0.2, 0.25) is 0 Å². The van der Waals surface area contributed by atoms with Gasteiger partial charge in [0.05, 0.1) is 6.33 Å². The van der Waals surface area contributed by atoms with Crippen LogP contribution in [0.3, 0.4) is 0 Å². The number of nitrogens with one attached hydrogen (secondary N) is 2. The first-order valence-corrected chi connectivity index (χ1v) is 6.58. The van der Waals surface area contributed by atoms with Crippen LogP contribution in [0.1, 0.15) is 30.0 Å². The predicted octanol–water partition coefficient (Wildman–Crippen LogP) is 1.98. The van der Waals surface area contributed by atoms with Crippen molar-refractivity contribution in [3.63, 3.8) is 0 Å². The minimum atomic E-state index is 0.642. The molecule has 0 amide bonds. The van der Waals surface area contributed by atoms with Crippen LogP contribution in [0.4, 0.5) is 10.8 Å². The Kier molecular flexibility index (Phi) is 2.72. The van der Waals surface area contributed by atoms with E-state index in [4.69, 9.17) is 5.73 Å². The second-order valence-corrected chi connectivity index (χ2v) is 5.11. The SMILES string of the molecule is Nc1nsc(NCCc2cnc[nH]2)c1C1CC1. The molecule has 3 rings (SSSR count). The molecule has 0 saturated heterocycles. The summed E-state index contributed by atoms with van der Waals surface area (Å²) in [5.41, 5.74) is 8.27. The highest BCUT2D eigenvalue weighted by atomic mass is 32.1. The van der Waals surface area contributed by atoms with E-state index in [0.29, 0.717) is 11.7 Å². The number of nitrogens with two attached hydrogens (primary N) is 1. The zero-order chi connectivity index (χ0) is 11.7. The number of nitrogen functional groups attached to an aromatic ring is 1. The average Bonchev–Trinajstić information content (AvgIpc) is 2.88. The maximum atomic E-state index is 5.89. The van der Waals surface area contributed by atoms with Crippen LogP contribution in [0.2, 0.25) is 0 Å². The molecule has 2 aromatic heterocycles. The Bertz CT molecular complexity index is 486. The molecule has 1 fully saturated rings. The third kappa shape index (κ3) is 2.26. The van der Waals surface area contributed by atoms with Crippen molar-refractivity contribution in [1.82, 2.24) is 14.3 Å². The fourth-order valence-corrected chi connectivity index (χ4v) is 2.76. The Balaban J connectivity index is 1.61. The lowest BCUT2D eigenvalue weighted by molar-refractivity contribution is 0.975. The molecule has 0 atom stereocenters. The molecule has 17 heavy (non-hydrogen) atoms. The molecule has 2 aromatic rings. The Hall–Kier alpha value is -1.56. The largest absolute Gasteiger partial charge is 0.383 e. The van der Waals surface area contributed by atoms with Gasteiger partial charge >= 0.3 is 0 Å². The molecule has 0 bridgehead atoms. The number of nitrogens with zero attached hydrogens (tertiary/aromatic N) is 2. The van der Waals surface area contributed by atoms with Crippen molar-refractivity contribution in [2.75, 3.05) is 17.6 Å². The van der Waals surface area contributed by atoms with Gasteiger partial charge in [0.15, 0.2) is 0 Å². The topological polar surface area (TPSA) is 79.6 Å². The number of H-pyrrole nitrogens is 1. The second-order valence-electron chi connectivity index (χ2n) is 4.34. The molecule has 0 spiro atoms. The monoisotopic (exact) mass is 249 g/mol. The smallest absolute Gasteiger partial charge is 0.142 e. The lowest BCUT2D eigenvalue weighted by Gasteiger charge is -2.05. The van der Waals surface area contributed by atoms with E-state index in [9.17, 15) is 0 Å². The van der Waals surface area contributed by atoms with Gasteiger partial charge in [-0.2, -0.15) is 4.37 Å². The van der Waals surface area contributed by atoms with E-state index < -0.39 is 0 Å². The van der Waals surface area contributed by atoms with Gasteiger partial charge in [-0.3, -0.25) is 0 Å². The molecule has 2 heterocycles. The van der Waals surface area contributed by atoms with Gasteiger partial charge in [-0.05, 0) is 30.3 Å². The summed E-state index contributed by atoms with van der Waals surface area (Å²) in [4.78, 5) is 7.08. The van der Waals surface area contributed by atoms with Crippen molar-refractivity contribution in [3.8, 4) is 0 Å². The van der Waals surface area contributed by atoms with Crippen molar-refractivity contribution in [3.05, 3.63) is 23.8 Å². The lowest BCUT2D eigenvalue weighted by Crippen LogP contribution is -2.05. The van der Waals surface area contributed by atoms with Gasteiger partial charge in [0.1, 0.15) is 10.8 Å². The molecule has 0 unspecified atom stereocenters. The number of hydrogen-bond acceptors (Lipinski definition) is 5. The van der Waals surface area contributed by atoms with E-state index >= 15 is 0 Å². The zero-order valence-electron chi connectivity index (χ0n) is 9.44. The van der Waals surface area contributed by atoms with Crippen molar-refractivity contribution < 1.29 is 0 Å². The van der Waals surface area contributed by atoms with Gasteiger partial charge < -0.3 is 16.0 Å². The Morgan fingerprint density at radius 1 is 1.53 bits per heavy atom. The number of imidazole rings is 1. The molecule has 0 radical (unpaired) electrons. The molecule has 1 saturated carbocycles. The molecule has 6 heteroatoms. The third-order valence-corrected chi connectivity index (χ3v) is 3.81. The first-order valence-electron chi connectivity index (χ1n) is 5.81. The molecule has 0 aromatic carbocycles. The number of hydrogen-bond donors (Lipinski definition) is 3. The third-order valence-electron chi connectivity index (χ3n) is 2.98. The van der Waals surface area contributed by atoms with E-state index in [1.807, 2.05) is 6.20 Å². The molecular weight excluding hydrogens is 234 g/mol. The van der Waals surface area contributed by atoms with Crippen LogP contribution in [0.15, 0.2) is 12.5 Å². The van der Waals surface area contributed by atoms with E-state index in [-0.39, 0.29) is 0 Å². The Labute approximate surface area is 104 Å². The van der Waals surface area contributed by atoms with Crippen LogP contribution < -0.4 is 11.1 Å². The number of aromatic nitrogens is 3. The summed E-state index contributed by atoms with van der Waals surface area (Å²) in [7, 11) is 0. The van der Waals surface area contributed by atoms with Crippen LogP contribution >= 0.6 is 11.5 Å². The summed E-state index contributed by atoms with van der Waals surface area (Å²) in [5.74, 6) is 1.35. The fourth-order valence-electron chi connectivity index (χ4n) is 1.94. The van der Waals surface area contributed by atoms with Crippen LogP contribution in [0.5, 0.6) is 0 Å². The number of rotatable bonds is 5. The number of aromatic amines is 1. The highest BCUT2D eigenvalue weighted by Gasteiger charge is 2.30. The maximum Gasteiger partial charge on any atom is 0.142 e. The highest BCUT2D eigenvalue weighted by molar-refractivity contribution is 7.10. The van der Waals surface area contributed by atoms with Crippen LogP contribution in [-0.2, 0) is 6.42 Å². The minimum Gasteiger partial charge on any atom is -0.383 e. The van der Waals surface area contributed by atoms with Gasteiger partial charge in [-0.25, -0.2) is 4.98 Å². The summed E-state index contributed by atoms with van der Waals surface area (Å²) in [6.07, 6.45) is 6.98. The minimum absolute atomic E-state index is 0.642.